The lowest BCUT2D eigenvalue weighted by molar-refractivity contribution is 0.0927. The van der Waals surface area contributed by atoms with Crippen molar-refractivity contribution in [2.24, 2.45) is 0 Å². The second-order valence-corrected chi connectivity index (χ2v) is 6.14. The summed E-state index contributed by atoms with van der Waals surface area (Å²) in [6.45, 7) is 6.70. The quantitative estimate of drug-likeness (QED) is 0.941. The van der Waals surface area contributed by atoms with E-state index in [1.54, 1.807) is 11.3 Å². The van der Waals surface area contributed by atoms with Crippen LogP contribution in [0.2, 0.25) is 0 Å². The van der Waals surface area contributed by atoms with Crippen LogP contribution >= 0.6 is 11.3 Å². The van der Waals surface area contributed by atoms with Gasteiger partial charge in [-0.2, -0.15) is 4.98 Å². The van der Waals surface area contributed by atoms with Gasteiger partial charge in [-0.3, -0.25) is 0 Å². The van der Waals surface area contributed by atoms with Gasteiger partial charge in [-0.15, -0.1) is 11.3 Å². The molecule has 5 nitrogen and oxygen atoms in total. The molecule has 2 aromatic heterocycles. The highest BCUT2D eigenvalue weighted by molar-refractivity contribution is 7.18. The number of aryl methyl sites for hydroxylation is 1. The number of aromatic nitrogens is 2. The van der Waals surface area contributed by atoms with Gasteiger partial charge in [0.1, 0.15) is 10.6 Å². The minimum atomic E-state index is 0.360. The summed E-state index contributed by atoms with van der Waals surface area (Å²) in [7, 11) is 0. The van der Waals surface area contributed by atoms with E-state index in [9.17, 15) is 0 Å². The lowest BCUT2D eigenvalue weighted by Gasteiger charge is -2.36. The second-order valence-electron chi connectivity index (χ2n) is 5.02. The van der Waals surface area contributed by atoms with Crippen LogP contribution in [-0.2, 0) is 11.2 Å². The zero-order valence-corrected chi connectivity index (χ0v) is 12.7. The number of anilines is 2. The Labute approximate surface area is 122 Å². The summed E-state index contributed by atoms with van der Waals surface area (Å²) in [5.74, 6) is 1.33. The van der Waals surface area contributed by atoms with Gasteiger partial charge in [-0.25, -0.2) is 4.98 Å². The van der Waals surface area contributed by atoms with Crippen molar-refractivity contribution in [2.45, 2.75) is 32.7 Å². The molecule has 1 atom stereocenters. The number of morpholine rings is 1. The Morgan fingerprint density at radius 3 is 3.05 bits per heavy atom. The molecule has 108 valence electrons. The first kappa shape index (κ1) is 13.6. The van der Waals surface area contributed by atoms with Crippen LogP contribution in [0.25, 0.3) is 10.2 Å². The van der Waals surface area contributed by atoms with Crippen LogP contribution in [0.5, 0.6) is 0 Å². The van der Waals surface area contributed by atoms with Crippen molar-refractivity contribution >= 4 is 33.3 Å². The van der Waals surface area contributed by atoms with Crippen molar-refractivity contribution in [2.75, 3.05) is 30.4 Å². The first-order valence-corrected chi connectivity index (χ1v) is 7.94. The molecule has 0 radical (unpaired) electrons. The average molecular weight is 292 g/mol. The van der Waals surface area contributed by atoms with Gasteiger partial charge in [0, 0.05) is 11.4 Å². The number of fused-ring (bicyclic) bond motifs is 1. The maximum atomic E-state index is 5.90. The van der Waals surface area contributed by atoms with E-state index in [-0.39, 0.29) is 0 Å². The maximum absolute atomic E-state index is 5.90. The Kier molecular flexibility index (Phi) is 3.76. The number of thiophene rings is 1. The predicted molar refractivity (Wildman–Crippen MR) is 83.4 cm³/mol. The summed E-state index contributed by atoms with van der Waals surface area (Å²) in [5, 5.41) is 1.13. The molecule has 0 aliphatic carbocycles. The summed E-state index contributed by atoms with van der Waals surface area (Å²) in [5.41, 5.74) is 5.90. The topological polar surface area (TPSA) is 64.3 Å². The Balaban J connectivity index is 2.11. The predicted octanol–water partition coefficient (Wildman–Crippen LogP) is 2.45. The largest absolute Gasteiger partial charge is 0.377 e. The monoisotopic (exact) mass is 292 g/mol. The van der Waals surface area contributed by atoms with Crippen LogP contribution in [0, 0.1) is 0 Å². The highest BCUT2D eigenvalue weighted by Crippen LogP contribution is 2.33. The van der Waals surface area contributed by atoms with Crippen LogP contribution < -0.4 is 10.6 Å². The standard InChI is InChI=1S/C14H20N4OS/c1-3-9-8-19-6-5-18(9)12-11-7-10(4-2)20-13(11)17-14(15)16-12/h7,9H,3-6,8H2,1-2H3,(H2,15,16,17). The summed E-state index contributed by atoms with van der Waals surface area (Å²) in [6.07, 6.45) is 2.05. The normalized spacial score (nSPS) is 19.7. The van der Waals surface area contributed by atoms with E-state index in [1.807, 2.05) is 0 Å². The SMILES string of the molecule is CCc1cc2c(N3CCOCC3CC)nc(N)nc2s1. The van der Waals surface area contributed by atoms with Crippen LogP contribution in [0.3, 0.4) is 0 Å². The zero-order chi connectivity index (χ0) is 14.1. The Bertz CT molecular complexity index is 612. The van der Waals surface area contributed by atoms with Crippen molar-refractivity contribution in [3.63, 3.8) is 0 Å². The van der Waals surface area contributed by atoms with Crippen LogP contribution in [-0.4, -0.2) is 35.8 Å². The Morgan fingerprint density at radius 2 is 2.30 bits per heavy atom. The van der Waals surface area contributed by atoms with Gasteiger partial charge in [-0.1, -0.05) is 13.8 Å². The van der Waals surface area contributed by atoms with Crippen LogP contribution in [0.1, 0.15) is 25.1 Å². The van der Waals surface area contributed by atoms with Gasteiger partial charge in [0.25, 0.3) is 0 Å². The van der Waals surface area contributed by atoms with E-state index < -0.39 is 0 Å². The van der Waals surface area contributed by atoms with Gasteiger partial charge in [0.15, 0.2) is 0 Å². The Morgan fingerprint density at radius 1 is 1.45 bits per heavy atom. The Hall–Kier alpha value is -1.40. The second kappa shape index (κ2) is 5.54. The third kappa shape index (κ3) is 2.33. The average Bonchev–Trinajstić information content (AvgIpc) is 2.89. The number of ether oxygens (including phenoxy) is 1. The minimum absolute atomic E-state index is 0.360. The molecule has 1 fully saturated rings. The lowest BCUT2D eigenvalue weighted by Crippen LogP contribution is -2.45. The molecule has 0 bridgehead atoms. The fourth-order valence-corrected chi connectivity index (χ4v) is 3.61. The number of hydrogen-bond acceptors (Lipinski definition) is 6. The van der Waals surface area contributed by atoms with E-state index in [1.165, 1.54) is 4.88 Å². The molecule has 0 aromatic carbocycles. The summed E-state index contributed by atoms with van der Waals surface area (Å²) >= 11 is 1.71. The van der Waals surface area contributed by atoms with E-state index in [4.69, 9.17) is 10.5 Å². The molecule has 2 N–H and O–H groups in total. The fraction of sp³-hybridized carbons (Fsp3) is 0.571. The fourth-order valence-electron chi connectivity index (χ4n) is 2.64. The van der Waals surface area contributed by atoms with Crippen LogP contribution in [0.4, 0.5) is 11.8 Å². The lowest BCUT2D eigenvalue weighted by atomic mass is 10.1. The molecule has 1 aliphatic heterocycles. The first-order valence-electron chi connectivity index (χ1n) is 7.13. The van der Waals surface area contributed by atoms with Crippen molar-refractivity contribution < 1.29 is 4.74 Å². The van der Waals surface area contributed by atoms with Gasteiger partial charge >= 0.3 is 0 Å². The molecule has 0 amide bonds. The third-order valence-corrected chi connectivity index (χ3v) is 4.93. The molecule has 20 heavy (non-hydrogen) atoms. The smallest absolute Gasteiger partial charge is 0.223 e. The molecule has 1 saturated heterocycles. The molecule has 0 saturated carbocycles. The molecular formula is C14H20N4OS. The molecule has 1 unspecified atom stereocenters. The van der Waals surface area contributed by atoms with E-state index in [0.29, 0.717) is 12.0 Å². The molecule has 1 aliphatic rings. The number of hydrogen-bond donors (Lipinski definition) is 1. The molecular weight excluding hydrogens is 272 g/mol. The van der Waals surface area contributed by atoms with Gasteiger partial charge in [0.2, 0.25) is 5.95 Å². The number of rotatable bonds is 3. The highest BCUT2D eigenvalue weighted by Gasteiger charge is 2.25. The van der Waals surface area contributed by atoms with E-state index in [0.717, 1.165) is 48.6 Å². The minimum Gasteiger partial charge on any atom is -0.377 e. The van der Waals surface area contributed by atoms with Crippen molar-refractivity contribution in [1.29, 1.82) is 0 Å². The number of nitrogens with two attached hydrogens (primary N) is 1. The zero-order valence-electron chi connectivity index (χ0n) is 11.9. The van der Waals surface area contributed by atoms with Crippen molar-refractivity contribution in [1.82, 2.24) is 9.97 Å². The third-order valence-electron chi connectivity index (χ3n) is 3.76. The highest BCUT2D eigenvalue weighted by atomic mass is 32.1. The molecule has 0 spiro atoms. The van der Waals surface area contributed by atoms with Gasteiger partial charge in [-0.05, 0) is 18.9 Å². The number of nitrogen functional groups attached to an aromatic ring is 1. The molecule has 3 rings (SSSR count). The molecule has 2 aromatic rings. The van der Waals surface area contributed by atoms with Gasteiger partial charge < -0.3 is 15.4 Å². The molecule has 6 heteroatoms. The van der Waals surface area contributed by atoms with E-state index in [2.05, 4.69) is 34.8 Å². The van der Waals surface area contributed by atoms with Crippen molar-refractivity contribution in [3.05, 3.63) is 10.9 Å². The summed E-state index contributed by atoms with van der Waals surface area (Å²) in [4.78, 5) is 13.5. The van der Waals surface area contributed by atoms with Gasteiger partial charge in [0.05, 0.1) is 24.6 Å². The first-order chi connectivity index (χ1) is 9.72. The molecule has 3 heterocycles. The van der Waals surface area contributed by atoms with E-state index >= 15 is 0 Å². The summed E-state index contributed by atoms with van der Waals surface area (Å²) < 4.78 is 5.58. The van der Waals surface area contributed by atoms with Crippen molar-refractivity contribution in [3.8, 4) is 0 Å². The van der Waals surface area contributed by atoms with Crippen LogP contribution in [0.15, 0.2) is 6.07 Å². The summed E-state index contributed by atoms with van der Waals surface area (Å²) in [6, 6.07) is 2.57. The number of nitrogens with zero attached hydrogens (tertiary/aromatic N) is 3. The maximum Gasteiger partial charge on any atom is 0.223 e.